The maximum atomic E-state index is 5.10. The fraction of sp³-hybridized carbons (Fsp3) is 1.00. The minimum Gasteiger partial charge on any atom is -0.383 e. The number of rotatable bonds is 8. The number of methoxy groups -OCH3 is 1. The van der Waals surface area contributed by atoms with Gasteiger partial charge >= 0.3 is 0 Å². The molecule has 0 spiro atoms. The highest BCUT2D eigenvalue weighted by Crippen LogP contribution is 2.15. The van der Waals surface area contributed by atoms with Gasteiger partial charge in [0, 0.05) is 25.5 Å². The van der Waals surface area contributed by atoms with Crippen molar-refractivity contribution in [2.75, 3.05) is 38.7 Å². The van der Waals surface area contributed by atoms with E-state index in [2.05, 4.69) is 41.6 Å². The van der Waals surface area contributed by atoms with Crippen molar-refractivity contribution in [3.8, 4) is 0 Å². The first-order chi connectivity index (χ1) is 6.65. The lowest BCUT2D eigenvalue weighted by molar-refractivity contribution is 0.136. The van der Waals surface area contributed by atoms with Gasteiger partial charge in [0.1, 0.15) is 0 Å². The van der Waals surface area contributed by atoms with E-state index in [4.69, 9.17) is 4.74 Å². The normalized spacial score (nSPS) is 13.9. The first-order valence-electron chi connectivity index (χ1n) is 5.42. The van der Waals surface area contributed by atoms with Gasteiger partial charge in [-0.15, -0.1) is 0 Å². The molecule has 0 saturated carbocycles. The van der Waals surface area contributed by atoms with E-state index in [0.717, 1.165) is 36.9 Å². The second-order valence-corrected chi connectivity index (χ2v) is 4.69. The lowest BCUT2D eigenvalue weighted by Crippen LogP contribution is -2.34. The summed E-state index contributed by atoms with van der Waals surface area (Å²) in [5.41, 5.74) is 0. The quantitative estimate of drug-likeness (QED) is 0.626. The van der Waals surface area contributed by atoms with Crippen LogP contribution in [0.5, 0.6) is 0 Å². The van der Waals surface area contributed by atoms with Crippen LogP contribution in [0.25, 0.3) is 0 Å². The molecule has 0 aliphatic rings. The first-order valence-corrected chi connectivity index (χ1v) is 6.55. The molecule has 0 saturated heterocycles. The molecule has 0 aromatic heterocycles. The highest BCUT2D eigenvalue weighted by atomic mass is 79.9. The summed E-state index contributed by atoms with van der Waals surface area (Å²) in [5, 5.41) is 1.09. The Kier molecular flexibility index (Phi) is 8.94. The second kappa shape index (κ2) is 8.69. The van der Waals surface area contributed by atoms with E-state index < -0.39 is 0 Å². The molecule has 2 nitrogen and oxygen atoms in total. The molecule has 1 unspecified atom stereocenters. The Morgan fingerprint density at radius 1 is 1.36 bits per heavy atom. The molecule has 86 valence electrons. The summed E-state index contributed by atoms with van der Waals surface area (Å²) in [7, 11) is 1.76. The van der Waals surface area contributed by atoms with E-state index in [-0.39, 0.29) is 0 Å². The highest BCUT2D eigenvalue weighted by molar-refractivity contribution is 9.09. The van der Waals surface area contributed by atoms with Crippen molar-refractivity contribution < 1.29 is 4.74 Å². The minimum absolute atomic E-state index is 0.742. The molecule has 0 aromatic carbocycles. The van der Waals surface area contributed by atoms with E-state index in [1.807, 2.05) is 0 Å². The van der Waals surface area contributed by atoms with Gasteiger partial charge in [0.15, 0.2) is 0 Å². The fourth-order valence-electron chi connectivity index (χ4n) is 1.37. The Labute approximate surface area is 97.1 Å². The van der Waals surface area contributed by atoms with Crippen LogP contribution in [-0.4, -0.2) is 43.6 Å². The summed E-state index contributed by atoms with van der Waals surface area (Å²) in [6, 6.07) is 0. The summed E-state index contributed by atoms with van der Waals surface area (Å²) in [6.45, 7) is 10.9. The number of alkyl halides is 1. The van der Waals surface area contributed by atoms with Crippen LogP contribution in [0.4, 0.5) is 0 Å². The third-order valence-electron chi connectivity index (χ3n) is 2.69. The predicted octanol–water partition coefficient (Wildman–Crippen LogP) is 2.62. The van der Waals surface area contributed by atoms with Crippen LogP contribution in [0.2, 0.25) is 0 Å². The zero-order valence-corrected chi connectivity index (χ0v) is 11.5. The molecule has 0 aliphatic carbocycles. The van der Waals surface area contributed by atoms with Gasteiger partial charge in [-0.2, -0.15) is 0 Å². The summed E-state index contributed by atoms with van der Waals surface area (Å²) in [4.78, 5) is 2.45. The lowest BCUT2D eigenvalue weighted by atomic mass is 9.97. The third kappa shape index (κ3) is 5.99. The molecule has 0 rings (SSSR count). The van der Waals surface area contributed by atoms with E-state index in [1.165, 1.54) is 6.54 Å². The Hall–Kier alpha value is 0.400. The van der Waals surface area contributed by atoms with E-state index >= 15 is 0 Å². The maximum Gasteiger partial charge on any atom is 0.0589 e. The molecule has 0 fully saturated rings. The number of hydrogen-bond acceptors (Lipinski definition) is 2. The van der Waals surface area contributed by atoms with Crippen molar-refractivity contribution in [2.24, 2.45) is 11.8 Å². The topological polar surface area (TPSA) is 12.5 Å². The number of likely N-dealkylation sites (N-methyl/N-ethyl adjacent to an activating group) is 1. The SMILES string of the molecule is CCN(CCOC)CC(CBr)C(C)C. The van der Waals surface area contributed by atoms with Crippen LogP contribution in [0, 0.1) is 11.8 Å². The number of nitrogens with zero attached hydrogens (tertiary/aromatic N) is 1. The maximum absolute atomic E-state index is 5.10. The van der Waals surface area contributed by atoms with Crippen LogP contribution in [-0.2, 0) is 4.74 Å². The zero-order chi connectivity index (χ0) is 11.0. The molecular weight excluding hydrogens is 242 g/mol. The fourth-order valence-corrected chi connectivity index (χ4v) is 2.32. The molecule has 0 radical (unpaired) electrons. The minimum atomic E-state index is 0.742. The van der Waals surface area contributed by atoms with Crippen LogP contribution in [0.1, 0.15) is 20.8 Å². The first kappa shape index (κ1) is 14.4. The Balaban J connectivity index is 3.87. The van der Waals surface area contributed by atoms with Gasteiger partial charge in [-0.1, -0.05) is 36.7 Å². The van der Waals surface area contributed by atoms with Gasteiger partial charge in [0.2, 0.25) is 0 Å². The predicted molar refractivity (Wildman–Crippen MR) is 66.1 cm³/mol. The molecule has 0 bridgehead atoms. The van der Waals surface area contributed by atoms with Gasteiger partial charge in [-0.25, -0.2) is 0 Å². The monoisotopic (exact) mass is 265 g/mol. The zero-order valence-electron chi connectivity index (χ0n) is 9.92. The van der Waals surface area contributed by atoms with Crippen LogP contribution in [0.15, 0.2) is 0 Å². The molecule has 3 heteroatoms. The molecule has 0 aliphatic heterocycles. The van der Waals surface area contributed by atoms with Crippen LogP contribution < -0.4 is 0 Å². The lowest BCUT2D eigenvalue weighted by Gasteiger charge is -2.27. The van der Waals surface area contributed by atoms with E-state index in [1.54, 1.807) is 7.11 Å². The Morgan fingerprint density at radius 3 is 2.36 bits per heavy atom. The standard InChI is InChI=1S/C11H24BrNO/c1-5-13(6-7-14-4)9-11(8-12)10(2)3/h10-11H,5-9H2,1-4H3. The van der Waals surface area contributed by atoms with Crippen molar-refractivity contribution in [3.05, 3.63) is 0 Å². The summed E-state index contributed by atoms with van der Waals surface area (Å²) in [6.07, 6.45) is 0. The van der Waals surface area contributed by atoms with Crippen LogP contribution >= 0.6 is 15.9 Å². The molecular formula is C11H24BrNO. The van der Waals surface area contributed by atoms with E-state index in [9.17, 15) is 0 Å². The van der Waals surface area contributed by atoms with Gasteiger partial charge in [-0.3, -0.25) is 0 Å². The van der Waals surface area contributed by atoms with Crippen LogP contribution in [0.3, 0.4) is 0 Å². The smallest absolute Gasteiger partial charge is 0.0589 e. The Morgan fingerprint density at radius 2 is 2.00 bits per heavy atom. The molecule has 1 atom stereocenters. The molecule has 14 heavy (non-hydrogen) atoms. The number of ether oxygens (including phenoxy) is 1. The summed E-state index contributed by atoms with van der Waals surface area (Å²) < 4.78 is 5.10. The average Bonchev–Trinajstić information content (AvgIpc) is 2.18. The molecule has 0 N–H and O–H groups in total. The summed E-state index contributed by atoms with van der Waals surface area (Å²) >= 11 is 3.58. The third-order valence-corrected chi connectivity index (χ3v) is 3.52. The van der Waals surface area contributed by atoms with Crippen molar-refractivity contribution in [3.63, 3.8) is 0 Å². The number of hydrogen-bond donors (Lipinski definition) is 0. The van der Waals surface area contributed by atoms with E-state index in [0.29, 0.717) is 0 Å². The average molecular weight is 266 g/mol. The second-order valence-electron chi connectivity index (χ2n) is 4.04. The van der Waals surface area contributed by atoms with Crippen molar-refractivity contribution >= 4 is 15.9 Å². The van der Waals surface area contributed by atoms with Crippen molar-refractivity contribution in [2.45, 2.75) is 20.8 Å². The highest BCUT2D eigenvalue weighted by Gasteiger charge is 2.15. The largest absolute Gasteiger partial charge is 0.383 e. The number of halogens is 1. The van der Waals surface area contributed by atoms with Gasteiger partial charge in [-0.05, 0) is 18.4 Å². The molecule has 0 amide bonds. The van der Waals surface area contributed by atoms with Crippen molar-refractivity contribution in [1.29, 1.82) is 0 Å². The van der Waals surface area contributed by atoms with Gasteiger partial charge in [0.25, 0.3) is 0 Å². The molecule has 0 heterocycles. The Bertz CT molecular complexity index is 130. The van der Waals surface area contributed by atoms with Crippen molar-refractivity contribution in [1.82, 2.24) is 4.90 Å². The summed E-state index contributed by atoms with van der Waals surface area (Å²) in [5.74, 6) is 1.48. The van der Waals surface area contributed by atoms with Gasteiger partial charge < -0.3 is 9.64 Å². The van der Waals surface area contributed by atoms with Gasteiger partial charge in [0.05, 0.1) is 6.61 Å². The molecule has 0 aromatic rings.